The number of primary amides is 1. The topological polar surface area (TPSA) is 118 Å². The number of carbonyl (C=O) groups excluding carboxylic acids is 1. The average Bonchev–Trinajstić information content (AvgIpc) is 2.37. The minimum absolute atomic E-state index is 0.0964. The maximum Gasteiger partial charge on any atom is 0.335 e. The van der Waals surface area contributed by atoms with Crippen LogP contribution in [0.15, 0.2) is 33.9 Å². The van der Waals surface area contributed by atoms with Crippen molar-refractivity contribution in [1.29, 1.82) is 0 Å². The number of hydrogen-bond donors (Lipinski definition) is 3. The molecule has 1 aromatic carbocycles. The van der Waals surface area contributed by atoms with Crippen molar-refractivity contribution in [3.8, 4) is 11.6 Å². The van der Waals surface area contributed by atoms with Crippen LogP contribution in [0, 0.1) is 0 Å². The van der Waals surface area contributed by atoms with Gasteiger partial charge in [-0.05, 0) is 24.1 Å². The SMILES string of the molecule is CC(C)c1c(O)n(-c2cccc(C(N)=O)c2)c(=O)[nH]c1=O. The summed E-state index contributed by atoms with van der Waals surface area (Å²) in [4.78, 5) is 37.1. The molecule has 1 amide bonds. The van der Waals surface area contributed by atoms with Crippen LogP contribution in [-0.2, 0) is 0 Å². The number of nitrogens with one attached hydrogen (secondary N) is 1. The van der Waals surface area contributed by atoms with Crippen LogP contribution < -0.4 is 17.0 Å². The summed E-state index contributed by atoms with van der Waals surface area (Å²) < 4.78 is 0.934. The van der Waals surface area contributed by atoms with E-state index in [0.717, 1.165) is 4.57 Å². The highest BCUT2D eigenvalue weighted by molar-refractivity contribution is 5.93. The Morgan fingerprint density at radius 3 is 2.57 bits per heavy atom. The van der Waals surface area contributed by atoms with Crippen LogP contribution in [0.2, 0.25) is 0 Å². The standard InChI is InChI=1S/C14H15N3O4/c1-7(2)10-12(19)16-14(21)17(13(10)20)9-5-3-4-8(6-9)11(15)18/h3-7,20H,1-2H3,(H2,15,18)(H,16,19,21). The van der Waals surface area contributed by atoms with E-state index in [2.05, 4.69) is 4.98 Å². The Morgan fingerprint density at radius 2 is 2.00 bits per heavy atom. The van der Waals surface area contributed by atoms with E-state index in [-0.39, 0.29) is 22.7 Å². The molecule has 0 aliphatic heterocycles. The van der Waals surface area contributed by atoms with Crippen LogP contribution in [-0.4, -0.2) is 20.6 Å². The summed E-state index contributed by atoms with van der Waals surface area (Å²) in [6.45, 7) is 3.44. The number of aromatic hydroxyl groups is 1. The maximum atomic E-state index is 11.9. The van der Waals surface area contributed by atoms with Gasteiger partial charge in [0.25, 0.3) is 5.56 Å². The van der Waals surface area contributed by atoms with Gasteiger partial charge in [-0.2, -0.15) is 0 Å². The molecule has 0 saturated carbocycles. The Balaban J connectivity index is 2.78. The Hall–Kier alpha value is -2.83. The Morgan fingerprint density at radius 1 is 1.33 bits per heavy atom. The highest BCUT2D eigenvalue weighted by Crippen LogP contribution is 2.22. The number of hydrogen-bond acceptors (Lipinski definition) is 4. The number of H-pyrrole nitrogens is 1. The summed E-state index contributed by atoms with van der Waals surface area (Å²) in [5.74, 6) is -1.38. The van der Waals surface area contributed by atoms with E-state index < -0.39 is 23.0 Å². The first-order valence-corrected chi connectivity index (χ1v) is 6.31. The van der Waals surface area contributed by atoms with Gasteiger partial charge in [0.05, 0.1) is 11.3 Å². The van der Waals surface area contributed by atoms with Gasteiger partial charge in [-0.25, -0.2) is 9.36 Å². The zero-order valence-electron chi connectivity index (χ0n) is 11.6. The summed E-state index contributed by atoms with van der Waals surface area (Å²) >= 11 is 0. The second-order valence-corrected chi connectivity index (χ2v) is 4.90. The van der Waals surface area contributed by atoms with Gasteiger partial charge in [0.15, 0.2) is 0 Å². The van der Waals surface area contributed by atoms with Crippen molar-refractivity contribution >= 4 is 5.91 Å². The first kappa shape index (κ1) is 14.6. The fraction of sp³-hybridized carbons (Fsp3) is 0.214. The van der Waals surface area contributed by atoms with Gasteiger partial charge in [-0.1, -0.05) is 19.9 Å². The predicted octanol–water partition coefficient (Wildman–Crippen LogP) is 0.454. The van der Waals surface area contributed by atoms with Gasteiger partial charge in [-0.15, -0.1) is 0 Å². The minimum Gasteiger partial charge on any atom is -0.494 e. The van der Waals surface area contributed by atoms with Crippen LogP contribution in [0.25, 0.3) is 5.69 Å². The van der Waals surface area contributed by atoms with Crippen molar-refractivity contribution in [3.63, 3.8) is 0 Å². The lowest BCUT2D eigenvalue weighted by Gasteiger charge is -2.13. The van der Waals surface area contributed by atoms with E-state index in [9.17, 15) is 19.5 Å². The van der Waals surface area contributed by atoms with E-state index in [4.69, 9.17) is 5.73 Å². The quantitative estimate of drug-likeness (QED) is 0.760. The van der Waals surface area contributed by atoms with Crippen LogP contribution in [0.3, 0.4) is 0 Å². The Bertz CT molecular complexity index is 818. The number of aromatic amines is 1. The third kappa shape index (κ3) is 2.58. The molecule has 2 aromatic rings. The molecule has 0 aliphatic carbocycles. The van der Waals surface area contributed by atoms with E-state index >= 15 is 0 Å². The molecule has 7 heteroatoms. The lowest BCUT2D eigenvalue weighted by Crippen LogP contribution is -2.32. The number of nitrogens with two attached hydrogens (primary N) is 1. The molecule has 21 heavy (non-hydrogen) atoms. The summed E-state index contributed by atoms with van der Waals surface area (Å²) in [6.07, 6.45) is 0. The molecule has 0 saturated heterocycles. The summed E-state index contributed by atoms with van der Waals surface area (Å²) in [5.41, 5.74) is 4.30. The van der Waals surface area contributed by atoms with E-state index in [1.54, 1.807) is 13.8 Å². The van der Waals surface area contributed by atoms with Gasteiger partial charge in [0.1, 0.15) is 0 Å². The monoisotopic (exact) mass is 289 g/mol. The van der Waals surface area contributed by atoms with Gasteiger partial charge >= 0.3 is 5.69 Å². The summed E-state index contributed by atoms with van der Waals surface area (Å²) in [7, 11) is 0. The second kappa shape index (κ2) is 5.28. The maximum absolute atomic E-state index is 11.9. The molecule has 1 aromatic heterocycles. The van der Waals surface area contributed by atoms with E-state index in [0.29, 0.717) is 0 Å². The summed E-state index contributed by atoms with van der Waals surface area (Å²) in [5, 5.41) is 10.2. The molecule has 2 rings (SSSR count). The van der Waals surface area contributed by atoms with Crippen molar-refractivity contribution in [1.82, 2.24) is 9.55 Å². The van der Waals surface area contributed by atoms with Crippen LogP contribution in [0.5, 0.6) is 5.88 Å². The van der Waals surface area contributed by atoms with Crippen molar-refractivity contribution in [2.24, 2.45) is 5.73 Å². The smallest absolute Gasteiger partial charge is 0.335 e. The summed E-state index contributed by atoms with van der Waals surface area (Å²) in [6, 6.07) is 5.91. The van der Waals surface area contributed by atoms with E-state index in [1.165, 1.54) is 24.3 Å². The van der Waals surface area contributed by atoms with Gasteiger partial charge in [-0.3, -0.25) is 14.6 Å². The fourth-order valence-electron chi connectivity index (χ4n) is 2.10. The molecule has 0 aliphatic rings. The molecule has 0 radical (unpaired) electrons. The lowest BCUT2D eigenvalue weighted by molar-refractivity contribution is 0.1000. The third-order valence-corrected chi connectivity index (χ3v) is 3.09. The van der Waals surface area contributed by atoms with Crippen molar-refractivity contribution in [2.45, 2.75) is 19.8 Å². The predicted molar refractivity (Wildman–Crippen MR) is 76.9 cm³/mol. The number of amides is 1. The number of rotatable bonds is 3. The van der Waals surface area contributed by atoms with Gasteiger partial charge in [0, 0.05) is 5.56 Å². The average molecular weight is 289 g/mol. The van der Waals surface area contributed by atoms with Crippen LogP contribution >= 0.6 is 0 Å². The number of nitrogens with zero attached hydrogens (tertiary/aromatic N) is 1. The zero-order chi connectivity index (χ0) is 15.7. The lowest BCUT2D eigenvalue weighted by atomic mass is 10.1. The molecule has 7 nitrogen and oxygen atoms in total. The molecule has 110 valence electrons. The Kier molecular flexibility index (Phi) is 3.66. The highest BCUT2D eigenvalue weighted by Gasteiger charge is 2.18. The fourth-order valence-corrected chi connectivity index (χ4v) is 2.10. The minimum atomic E-state index is -0.788. The first-order chi connectivity index (χ1) is 9.82. The van der Waals surface area contributed by atoms with Gasteiger partial charge < -0.3 is 10.8 Å². The Labute approximate surface area is 119 Å². The molecular weight excluding hydrogens is 274 g/mol. The number of benzene rings is 1. The van der Waals surface area contributed by atoms with Crippen molar-refractivity contribution in [3.05, 3.63) is 56.2 Å². The molecular formula is C14H15N3O4. The molecule has 0 fully saturated rings. The van der Waals surface area contributed by atoms with Crippen molar-refractivity contribution < 1.29 is 9.90 Å². The molecule has 0 bridgehead atoms. The largest absolute Gasteiger partial charge is 0.494 e. The molecule has 4 N–H and O–H groups in total. The molecule has 0 spiro atoms. The third-order valence-electron chi connectivity index (χ3n) is 3.09. The number of carbonyl (C=O) groups is 1. The van der Waals surface area contributed by atoms with Gasteiger partial charge in [0.2, 0.25) is 11.8 Å². The zero-order valence-corrected chi connectivity index (χ0v) is 11.6. The molecule has 0 atom stereocenters. The highest BCUT2D eigenvalue weighted by atomic mass is 16.3. The normalized spacial score (nSPS) is 10.8. The molecule has 1 heterocycles. The van der Waals surface area contributed by atoms with Crippen LogP contribution in [0.4, 0.5) is 0 Å². The van der Waals surface area contributed by atoms with Crippen LogP contribution in [0.1, 0.15) is 35.7 Å². The van der Waals surface area contributed by atoms with Crippen molar-refractivity contribution in [2.75, 3.05) is 0 Å². The molecule has 0 unspecified atom stereocenters. The van der Waals surface area contributed by atoms with E-state index in [1.807, 2.05) is 0 Å². The number of aromatic nitrogens is 2. The first-order valence-electron chi connectivity index (χ1n) is 6.31. The second-order valence-electron chi connectivity index (χ2n) is 4.90.